The van der Waals surface area contributed by atoms with Crippen LogP contribution in [0, 0.1) is 0 Å². The lowest BCUT2D eigenvalue weighted by molar-refractivity contribution is 0.277. The van der Waals surface area contributed by atoms with E-state index in [1.165, 1.54) is 0 Å². The van der Waals surface area contributed by atoms with E-state index in [1.54, 1.807) is 35.5 Å². The molecular formula is C28H32Cl2O5. The van der Waals surface area contributed by atoms with Gasteiger partial charge in [0.2, 0.25) is 0 Å². The zero-order valence-corrected chi connectivity index (χ0v) is 22.4. The Morgan fingerprint density at radius 1 is 0.743 bits per heavy atom. The molecule has 5 nitrogen and oxygen atoms in total. The van der Waals surface area contributed by atoms with Gasteiger partial charge in [-0.25, -0.2) is 0 Å². The van der Waals surface area contributed by atoms with E-state index in [9.17, 15) is 0 Å². The molecule has 0 aliphatic heterocycles. The second-order valence-electron chi connectivity index (χ2n) is 7.59. The first kappa shape index (κ1) is 28.2. The fourth-order valence-electron chi connectivity index (χ4n) is 3.60. The summed E-state index contributed by atoms with van der Waals surface area (Å²) >= 11 is 13.2. The van der Waals surface area contributed by atoms with Crippen LogP contribution in [0.3, 0.4) is 0 Å². The van der Waals surface area contributed by atoms with Gasteiger partial charge in [-0.15, -0.1) is 0 Å². The SMILES string of the molecule is C=C(CCCC=C(c1cc(Cl)c(OC)c(C(=C)OC)c1)c1cc(Cl)c(OC)c(C(=C)OC)c1)OC. The Morgan fingerprint density at radius 2 is 1.20 bits per heavy atom. The molecule has 2 aromatic carbocycles. The number of allylic oxidation sites excluding steroid dienone is 2. The molecule has 0 heterocycles. The van der Waals surface area contributed by atoms with Crippen LogP contribution in [0.15, 0.2) is 55.8 Å². The van der Waals surface area contributed by atoms with E-state index in [1.807, 2.05) is 24.3 Å². The molecule has 0 N–H and O–H groups in total. The number of hydrogen-bond acceptors (Lipinski definition) is 5. The van der Waals surface area contributed by atoms with Crippen LogP contribution in [0.1, 0.15) is 41.5 Å². The molecule has 0 spiro atoms. The minimum absolute atomic E-state index is 0.429. The lowest BCUT2D eigenvalue weighted by atomic mass is 9.92. The van der Waals surface area contributed by atoms with Crippen molar-refractivity contribution >= 4 is 40.3 Å². The molecule has 0 saturated heterocycles. The van der Waals surface area contributed by atoms with Crippen molar-refractivity contribution in [3.63, 3.8) is 0 Å². The molecule has 0 bridgehead atoms. The smallest absolute Gasteiger partial charge is 0.148 e. The summed E-state index contributed by atoms with van der Waals surface area (Å²) in [6, 6.07) is 7.55. The molecule has 2 aromatic rings. The highest BCUT2D eigenvalue weighted by Gasteiger charge is 2.19. The first-order chi connectivity index (χ1) is 16.7. The summed E-state index contributed by atoms with van der Waals surface area (Å²) < 4.78 is 27.0. The average molecular weight is 519 g/mol. The Balaban J connectivity index is 2.73. The maximum atomic E-state index is 6.61. The lowest BCUT2D eigenvalue weighted by Crippen LogP contribution is -2.00. The van der Waals surface area contributed by atoms with Gasteiger partial charge in [-0.2, -0.15) is 0 Å². The summed E-state index contributed by atoms with van der Waals surface area (Å²) in [5.74, 6) is 2.57. The number of rotatable bonds is 13. The van der Waals surface area contributed by atoms with E-state index in [4.69, 9.17) is 46.9 Å². The van der Waals surface area contributed by atoms with Gasteiger partial charge in [0.1, 0.15) is 23.0 Å². The number of unbranched alkanes of at least 4 members (excludes halogenated alkanes) is 1. The van der Waals surface area contributed by atoms with Gasteiger partial charge in [-0.05, 0) is 53.8 Å². The first-order valence-electron chi connectivity index (χ1n) is 10.9. The van der Waals surface area contributed by atoms with Crippen LogP contribution >= 0.6 is 23.2 Å². The van der Waals surface area contributed by atoms with Crippen molar-refractivity contribution in [2.75, 3.05) is 35.5 Å². The average Bonchev–Trinajstić information content (AvgIpc) is 2.86. The van der Waals surface area contributed by atoms with Gasteiger partial charge in [0.15, 0.2) is 0 Å². The molecule has 0 amide bonds. The van der Waals surface area contributed by atoms with Gasteiger partial charge in [-0.1, -0.05) is 49.0 Å². The summed E-state index contributed by atoms with van der Waals surface area (Å²) in [5, 5.41) is 0.857. The van der Waals surface area contributed by atoms with E-state index in [0.717, 1.165) is 41.7 Å². The van der Waals surface area contributed by atoms with Crippen molar-refractivity contribution in [3.05, 3.63) is 88.1 Å². The monoisotopic (exact) mass is 518 g/mol. The molecule has 0 radical (unpaired) electrons. The van der Waals surface area contributed by atoms with E-state index in [0.29, 0.717) is 44.2 Å². The quantitative estimate of drug-likeness (QED) is 0.198. The van der Waals surface area contributed by atoms with Crippen LogP contribution in [0.2, 0.25) is 10.0 Å². The van der Waals surface area contributed by atoms with Crippen molar-refractivity contribution in [1.29, 1.82) is 0 Å². The maximum absolute atomic E-state index is 6.61. The predicted molar refractivity (Wildman–Crippen MR) is 145 cm³/mol. The molecule has 188 valence electrons. The van der Waals surface area contributed by atoms with Crippen LogP contribution in [0.25, 0.3) is 17.1 Å². The third kappa shape index (κ3) is 6.77. The van der Waals surface area contributed by atoms with Crippen LogP contribution < -0.4 is 9.47 Å². The molecule has 0 aromatic heterocycles. The largest absolute Gasteiger partial charge is 0.502 e. The highest BCUT2D eigenvalue weighted by molar-refractivity contribution is 6.33. The molecule has 35 heavy (non-hydrogen) atoms. The zero-order chi connectivity index (χ0) is 26.1. The number of benzene rings is 2. The predicted octanol–water partition coefficient (Wildman–Crippen LogP) is 8.01. The Morgan fingerprint density at radius 3 is 1.57 bits per heavy atom. The van der Waals surface area contributed by atoms with Gasteiger partial charge >= 0.3 is 0 Å². The fourth-order valence-corrected chi connectivity index (χ4v) is 4.19. The summed E-state index contributed by atoms with van der Waals surface area (Å²) in [7, 11) is 7.83. The van der Waals surface area contributed by atoms with Gasteiger partial charge < -0.3 is 23.7 Å². The number of halogens is 2. The minimum atomic E-state index is 0.429. The van der Waals surface area contributed by atoms with Gasteiger partial charge in [0.25, 0.3) is 0 Å². The molecule has 0 aliphatic carbocycles. The van der Waals surface area contributed by atoms with Crippen LogP contribution in [-0.4, -0.2) is 35.5 Å². The second-order valence-corrected chi connectivity index (χ2v) is 8.40. The van der Waals surface area contributed by atoms with Crippen molar-refractivity contribution in [3.8, 4) is 11.5 Å². The molecular weight excluding hydrogens is 487 g/mol. The highest BCUT2D eigenvalue weighted by atomic mass is 35.5. The molecule has 2 rings (SSSR count). The van der Waals surface area contributed by atoms with E-state index in [2.05, 4.69) is 25.8 Å². The van der Waals surface area contributed by atoms with E-state index >= 15 is 0 Å². The van der Waals surface area contributed by atoms with E-state index < -0.39 is 0 Å². The number of hydrogen-bond donors (Lipinski definition) is 0. The van der Waals surface area contributed by atoms with Crippen LogP contribution in [0.5, 0.6) is 11.5 Å². The Hall–Kier alpha value is -3.02. The molecule has 0 atom stereocenters. The van der Waals surface area contributed by atoms with Gasteiger partial charge in [-0.3, -0.25) is 0 Å². The van der Waals surface area contributed by atoms with Gasteiger partial charge in [0.05, 0.1) is 62.5 Å². The first-order valence-corrected chi connectivity index (χ1v) is 11.6. The van der Waals surface area contributed by atoms with Crippen LogP contribution in [-0.2, 0) is 14.2 Å². The number of methoxy groups -OCH3 is 5. The summed E-state index contributed by atoms with van der Waals surface area (Å²) in [4.78, 5) is 0. The van der Waals surface area contributed by atoms with Gasteiger partial charge in [0, 0.05) is 6.42 Å². The Kier molecular flexibility index (Phi) is 10.6. The number of ether oxygens (including phenoxy) is 5. The summed E-state index contributed by atoms with van der Waals surface area (Å²) in [5.41, 5.74) is 3.88. The third-order valence-electron chi connectivity index (χ3n) is 5.51. The second kappa shape index (κ2) is 13.2. The topological polar surface area (TPSA) is 46.2 Å². The molecule has 0 fully saturated rings. The van der Waals surface area contributed by atoms with Crippen molar-refractivity contribution in [2.45, 2.75) is 19.3 Å². The standard InChI is InChI=1S/C28H32Cl2O5/c1-17(31-4)11-9-10-12-22(20-13-23(18(2)32-5)27(34-7)25(29)15-20)21-14-24(19(3)33-6)28(35-8)26(30)16-21/h12-16H,1-3,9-11H2,4-8H3. The zero-order valence-electron chi connectivity index (χ0n) is 20.9. The Labute approximate surface area is 218 Å². The minimum Gasteiger partial charge on any atom is -0.502 e. The van der Waals surface area contributed by atoms with E-state index in [-0.39, 0.29) is 0 Å². The molecule has 7 heteroatoms. The maximum Gasteiger partial charge on any atom is 0.148 e. The molecule has 0 aliphatic rings. The molecule has 0 saturated carbocycles. The van der Waals surface area contributed by atoms with Crippen molar-refractivity contribution in [1.82, 2.24) is 0 Å². The van der Waals surface area contributed by atoms with Crippen molar-refractivity contribution in [2.24, 2.45) is 0 Å². The lowest BCUT2D eigenvalue weighted by Gasteiger charge is -2.18. The van der Waals surface area contributed by atoms with Crippen LogP contribution in [0.4, 0.5) is 0 Å². The summed E-state index contributed by atoms with van der Waals surface area (Å²) in [6.45, 7) is 11.9. The highest BCUT2D eigenvalue weighted by Crippen LogP contribution is 2.41. The summed E-state index contributed by atoms with van der Waals surface area (Å²) in [6.07, 6.45) is 4.47. The normalized spacial score (nSPS) is 10.3. The van der Waals surface area contributed by atoms with Crippen molar-refractivity contribution < 1.29 is 23.7 Å². The molecule has 0 unspecified atom stereocenters. The fraction of sp³-hybridized carbons (Fsp3) is 0.286. The third-order valence-corrected chi connectivity index (χ3v) is 6.07. The Bertz CT molecular complexity index is 1060.